The van der Waals surface area contributed by atoms with Crippen LogP contribution in [0.25, 0.3) is 10.4 Å². The Morgan fingerprint density at radius 1 is 1.18 bits per heavy atom. The van der Waals surface area contributed by atoms with Crippen molar-refractivity contribution in [3.8, 4) is 16.2 Å². The van der Waals surface area contributed by atoms with Crippen LogP contribution in [0.15, 0.2) is 48.0 Å². The summed E-state index contributed by atoms with van der Waals surface area (Å²) in [6.45, 7) is 4.01. The quantitative estimate of drug-likeness (QED) is 0.567. The normalized spacial score (nSPS) is 17.9. The number of Topliss-reactive ketones (excluding diaryl/α,β-unsaturated/α-hetero) is 1. The van der Waals surface area contributed by atoms with Gasteiger partial charge in [-0.2, -0.15) is 0 Å². The largest absolute Gasteiger partial charge is 0.497 e. The SMILES string of the molecule is COc1ccc(C)c(C(=O)N2C[C@H](O)C[C@H]2C(=O)CCc2ccc(-c3scnc3C)cc2)c1. The van der Waals surface area contributed by atoms with Gasteiger partial charge in [0, 0.05) is 24.9 Å². The molecule has 1 amide bonds. The third kappa shape index (κ3) is 4.99. The standard InChI is InChI=1S/C26H28N2O4S/c1-16-4-10-21(32-3)13-22(16)26(31)28-14-20(29)12-23(28)24(30)11-7-18-5-8-19(9-6-18)25-17(2)27-15-33-25/h4-6,8-10,13,15,20,23,29H,7,11-12,14H2,1-3H3/t20-,23+/m1/s1. The average molecular weight is 465 g/mol. The predicted octanol–water partition coefficient (Wildman–Crippen LogP) is 4.21. The molecule has 1 saturated heterocycles. The number of carbonyl (C=O) groups is 2. The van der Waals surface area contributed by atoms with Crippen LogP contribution in [0.3, 0.4) is 0 Å². The van der Waals surface area contributed by atoms with E-state index in [9.17, 15) is 14.7 Å². The van der Waals surface area contributed by atoms with Gasteiger partial charge in [0.15, 0.2) is 5.78 Å². The highest BCUT2D eigenvalue weighted by molar-refractivity contribution is 7.13. The number of β-amino-alcohol motifs (C(OH)–C–C–N with tert-alkyl or cyclic N) is 1. The van der Waals surface area contributed by atoms with Gasteiger partial charge >= 0.3 is 0 Å². The lowest BCUT2D eigenvalue weighted by molar-refractivity contribution is -0.122. The Morgan fingerprint density at radius 2 is 1.94 bits per heavy atom. The van der Waals surface area contributed by atoms with Gasteiger partial charge in [-0.3, -0.25) is 9.59 Å². The number of aliphatic hydroxyl groups is 1. The van der Waals surface area contributed by atoms with Gasteiger partial charge in [-0.1, -0.05) is 30.3 Å². The summed E-state index contributed by atoms with van der Waals surface area (Å²) >= 11 is 1.61. The molecule has 0 saturated carbocycles. The second kappa shape index (κ2) is 9.85. The maximum atomic E-state index is 13.3. The minimum atomic E-state index is -0.698. The Morgan fingerprint density at radius 3 is 2.61 bits per heavy atom. The van der Waals surface area contributed by atoms with E-state index in [1.54, 1.807) is 30.6 Å². The zero-order valence-electron chi connectivity index (χ0n) is 19.1. The lowest BCUT2D eigenvalue weighted by Crippen LogP contribution is -2.41. The van der Waals surface area contributed by atoms with E-state index in [2.05, 4.69) is 17.1 Å². The van der Waals surface area contributed by atoms with Gasteiger partial charge in [0.05, 0.1) is 35.3 Å². The first kappa shape index (κ1) is 23.1. The number of likely N-dealkylation sites (tertiary alicyclic amines) is 1. The monoisotopic (exact) mass is 464 g/mol. The maximum Gasteiger partial charge on any atom is 0.254 e. The smallest absolute Gasteiger partial charge is 0.254 e. The molecule has 1 aliphatic rings. The number of carbonyl (C=O) groups excluding carboxylic acids is 2. The van der Waals surface area contributed by atoms with Crippen molar-refractivity contribution in [2.24, 2.45) is 0 Å². The molecular formula is C26H28N2O4S. The van der Waals surface area contributed by atoms with Crippen molar-refractivity contribution in [2.75, 3.05) is 13.7 Å². The summed E-state index contributed by atoms with van der Waals surface area (Å²) in [5.74, 6) is 0.317. The number of benzene rings is 2. The van der Waals surface area contributed by atoms with Gasteiger partial charge in [-0.05, 0) is 49.1 Å². The van der Waals surface area contributed by atoms with Crippen LogP contribution in [-0.4, -0.2) is 52.5 Å². The molecule has 1 aromatic heterocycles. The third-order valence-electron chi connectivity index (χ3n) is 6.21. The number of ether oxygens (including phenoxy) is 1. The summed E-state index contributed by atoms with van der Waals surface area (Å²) < 4.78 is 5.25. The number of hydrogen-bond acceptors (Lipinski definition) is 6. The van der Waals surface area contributed by atoms with Crippen molar-refractivity contribution in [2.45, 2.75) is 45.3 Å². The molecule has 1 N–H and O–H groups in total. The molecule has 33 heavy (non-hydrogen) atoms. The van der Waals surface area contributed by atoms with Crippen LogP contribution in [0.4, 0.5) is 0 Å². The first-order chi connectivity index (χ1) is 15.9. The van der Waals surface area contributed by atoms with Crippen LogP contribution in [0, 0.1) is 13.8 Å². The molecule has 6 nitrogen and oxygen atoms in total. The van der Waals surface area contributed by atoms with E-state index in [0.717, 1.165) is 27.3 Å². The van der Waals surface area contributed by atoms with Crippen molar-refractivity contribution in [3.63, 3.8) is 0 Å². The molecular weight excluding hydrogens is 436 g/mol. The van der Waals surface area contributed by atoms with Gasteiger partial charge in [0.25, 0.3) is 5.91 Å². The molecule has 2 atom stereocenters. The van der Waals surface area contributed by atoms with Crippen molar-refractivity contribution in [1.29, 1.82) is 0 Å². The molecule has 2 heterocycles. The zero-order valence-corrected chi connectivity index (χ0v) is 19.9. The minimum absolute atomic E-state index is 0.0252. The number of ketones is 1. The van der Waals surface area contributed by atoms with E-state index in [-0.39, 0.29) is 24.7 Å². The summed E-state index contributed by atoms with van der Waals surface area (Å²) in [7, 11) is 1.55. The van der Waals surface area contributed by atoms with E-state index < -0.39 is 12.1 Å². The van der Waals surface area contributed by atoms with E-state index in [4.69, 9.17) is 4.74 Å². The Bertz CT molecular complexity index is 1160. The van der Waals surface area contributed by atoms with Gasteiger partial charge in [-0.25, -0.2) is 4.98 Å². The average Bonchev–Trinajstić information content (AvgIpc) is 3.43. The first-order valence-corrected chi connectivity index (χ1v) is 11.9. The van der Waals surface area contributed by atoms with E-state index in [1.165, 1.54) is 4.90 Å². The van der Waals surface area contributed by atoms with Gasteiger partial charge < -0.3 is 14.7 Å². The fourth-order valence-corrected chi connectivity index (χ4v) is 5.10. The third-order valence-corrected chi connectivity index (χ3v) is 7.19. The fourth-order valence-electron chi connectivity index (χ4n) is 4.29. The Hall–Kier alpha value is -3.03. The van der Waals surface area contributed by atoms with Crippen molar-refractivity contribution in [1.82, 2.24) is 9.88 Å². The number of aromatic nitrogens is 1. The number of thiazole rings is 1. The van der Waals surface area contributed by atoms with Crippen LogP contribution >= 0.6 is 11.3 Å². The molecule has 0 unspecified atom stereocenters. The molecule has 0 spiro atoms. The second-order valence-electron chi connectivity index (χ2n) is 8.47. The highest BCUT2D eigenvalue weighted by Crippen LogP contribution is 2.28. The predicted molar refractivity (Wildman–Crippen MR) is 129 cm³/mol. The van der Waals surface area contributed by atoms with E-state index >= 15 is 0 Å². The number of hydrogen-bond donors (Lipinski definition) is 1. The van der Waals surface area contributed by atoms with Crippen molar-refractivity contribution < 1.29 is 19.4 Å². The number of methoxy groups -OCH3 is 1. The number of nitrogens with zero attached hydrogens (tertiary/aromatic N) is 2. The molecule has 3 aromatic rings. The summed E-state index contributed by atoms with van der Waals surface area (Å²) in [5, 5.41) is 10.2. The second-order valence-corrected chi connectivity index (χ2v) is 9.33. The van der Waals surface area contributed by atoms with Gasteiger partial charge in [-0.15, -0.1) is 11.3 Å². The summed E-state index contributed by atoms with van der Waals surface area (Å²) in [4.78, 5) is 33.3. The molecule has 1 fully saturated rings. The Labute approximate surface area is 197 Å². The van der Waals surface area contributed by atoms with E-state index in [0.29, 0.717) is 24.2 Å². The lowest BCUT2D eigenvalue weighted by Gasteiger charge is -2.24. The summed E-state index contributed by atoms with van der Waals surface area (Å²) in [6, 6.07) is 12.9. The van der Waals surface area contributed by atoms with E-state index in [1.807, 2.05) is 37.6 Å². The molecule has 4 rings (SSSR count). The fraction of sp³-hybridized carbons (Fsp3) is 0.346. The van der Waals surface area contributed by atoms with Crippen LogP contribution in [0.1, 0.15) is 40.0 Å². The topological polar surface area (TPSA) is 79.7 Å². The molecule has 0 radical (unpaired) electrons. The molecule has 172 valence electrons. The summed E-state index contributed by atoms with van der Waals surface area (Å²) in [6.07, 6.45) is 0.484. The molecule has 0 bridgehead atoms. The molecule has 7 heteroatoms. The molecule has 2 aromatic carbocycles. The number of rotatable bonds is 7. The number of amides is 1. The highest BCUT2D eigenvalue weighted by Gasteiger charge is 2.39. The van der Waals surface area contributed by atoms with Crippen LogP contribution in [0.5, 0.6) is 5.75 Å². The Kier molecular flexibility index (Phi) is 6.91. The van der Waals surface area contributed by atoms with Crippen molar-refractivity contribution >= 4 is 23.0 Å². The molecule has 0 aliphatic carbocycles. The van der Waals surface area contributed by atoms with Crippen LogP contribution < -0.4 is 4.74 Å². The van der Waals surface area contributed by atoms with Gasteiger partial charge in [0.1, 0.15) is 5.75 Å². The summed E-state index contributed by atoms with van der Waals surface area (Å²) in [5.41, 5.74) is 6.34. The van der Waals surface area contributed by atoms with Crippen LogP contribution in [0.2, 0.25) is 0 Å². The number of aryl methyl sites for hydroxylation is 3. The van der Waals surface area contributed by atoms with Gasteiger partial charge in [0.2, 0.25) is 0 Å². The maximum absolute atomic E-state index is 13.3. The zero-order chi connectivity index (χ0) is 23.5. The molecule has 1 aliphatic heterocycles. The lowest BCUT2D eigenvalue weighted by atomic mass is 9.99. The number of aliphatic hydroxyl groups excluding tert-OH is 1. The highest BCUT2D eigenvalue weighted by atomic mass is 32.1. The van der Waals surface area contributed by atoms with Crippen molar-refractivity contribution in [3.05, 3.63) is 70.4 Å². The minimum Gasteiger partial charge on any atom is -0.497 e. The Balaban J connectivity index is 1.44. The first-order valence-electron chi connectivity index (χ1n) is 11.0. The van der Waals surface area contributed by atoms with Crippen LogP contribution in [-0.2, 0) is 11.2 Å².